The van der Waals surface area contributed by atoms with Gasteiger partial charge in [0.25, 0.3) is 0 Å². The molecule has 146 valence electrons. The molecule has 0 fully saturated rings. The summed E-state index contributed by atoms with van der Waals surface area (Å²) in [5.41, 5.74) is 3.87. The molecule has 3 rings (SSSR count). The number of benzene rings is 2. The lowest BCUT2D eigenvalue weighted by molar-refractivity contribution is 0.103. The van der Waals surface area contributed by atoms with E-state index in [-0.39, 0.29) is 5.78 Å². The van der Waals surface area contributed by atoms with Crippen molar-refractivity contribution >= 4 is 15.8 Å². The van der Waals surface area contributed by atoms with Gasteiger partial charge in [-0.15, -0.1) is 0 Å². The predicted octanol–water partition coefficient (Wildman–Crippen LogP) is 3.53. The zero-order valence-corrected chi connectivity index (χ0v) is 16.8. The second kappa shape index (κ2) is 8.12. The van der Waals surface area contributed by atoms with Crippen molar-refractivity contribution in [2.45, 2.75) is 25.0 Å². The lowest BCUT2D eigenvalue weighted by atomic mass is 10.1. The van der Waals surface area contributed by atoms with Crippen LogP contribution >= 0.6 is 0 Å². The molecule has 0 saturated carbocycles. The fourth-order valence-electron chi connectivity index (χ4n) is 3.35. The molecule has 0 spiro atoms. The minimum absolute atomic E-state index is 0.0557. The molecule has 1 atom stereocenters. The fraction of sp³-hybridized carbons (Fsp3) is 0.227. The third kappa shape index (κ3) is 4.40. The highest BCUT2D eigenvalue weighted by Crippen LogP contribution is 2.26. The van der Waals surface area contributed by atoms with Crippen LogP contribution in [0.15, 0.2) is 66.7 Å². The number of aryl methyl sites for hydroxylation is 2. The molecule has 1 unspecified atom stereocenters. The quantitative estimate of drug-likeness (QED) is 0.620. The molecule has 0 radical (unpaired) electrons. The van der Waals surface area contributed by atoms with E-state index >= 15 is 0 Å². The van der Waals surface area contributed by atoms with E-state index in [1.165, 1.54) is 0 Å². The van der Waals surface area contributed by atoms with Crippen LogP contribution in [-0.4, -0.2) is 18.8 Å². The van der Waals surface area contributed by atoms with Gasteiger partial charge in [-0.1, -0.05) is 60.2 Å². The summed E-state index contributed by atoms with van der Waals surface area (Å²) in [5.74, 6) is -0.0557. The SMILES string of the molecule is Cc1ccc(C(=O)c2ccc(CCC(c3ccccc3)S(N)(=O)=O)n2C)cc1. The first kappa shape index (κ1) is 20.0. The van der Waals surface area contributed by atoms with E-state index in [0.29, 0.717) is 29.7 Å². The molecule has 0 amide bonds. The number of nitrogens with zero attached hydrogens (tertiary/aromatic N) is 1. The summed E-state index contributed by atoms with van der Waals surface area (Å²) in [6.45, 7) is 1.98. The molecule has 0 bridgehead atoms. The van der Waals surface area contributed by atoms with E-state index in [1.54, 1.807) is 30.3 Å². The molecule has 1 aromatic heterocycles. The molecule has 28 heavy (non-hydrogen) atoms. The van der Waals surface area contributed by atoms with Crippen molar-refractivity contribution in [3.05, 3.63) is 94.8 Å². The van der Waals surface area contributed by atoms with Crippen LogP contribution in [0.5, 0.6) is 0 Å². The van der Waals surface area contributed by atoms with E-state index < -0.39 is 15.3 Å². The van der Waals surface area contributed by atoms with Gasteiger partial charge in [-0.25, -0.2) is 13.6 Å². The highest BCUT2D eigenvalue weighted by molar-refractivity contribution is 7.89. The zero-order valence-electron chi connectivity index (χ0n) is 16.0. The van der Waals surface area contributed by atoms with Crippen LogP contribution in [0, 0.1) is 6.92 Å². The van der Waals surface area contributed by atoms with Crippen LogP contribution < -0.4 is 5.14 Å². The van der Waals surface area contributed by atoms with E-state index in [2.05, 4.69) is 0 Å². The van der Waals surface area contributed by atoms with Crippen molar-refractivity contribution in [1.82, 2.24) is 4.57 Å². The topological polar surface area (TPSA) is 82.2 Å². The van der Waals surface area contributed by atoms with Crippen molar-refractivity contribution < 1.29 is 13.2 Å². The summed E-state index contributed by atoms with van der Waals surface area (Å²) in [6, 6.07) is 20.1. The third-order valence-electron chi connectivity index (χ3n) is 5.00. The standard InChI is InChI=1S/C22H24N2O3S/c1-16-8-10-18(11-9-16)22(25)20-14-12-19(24(20)2)13-15-21(28(23,26)27)17-6-4-3-5-7-17/h3-12,14,21H,13,15H2,1-2H3,(H2,23,26,27). The van der Waals surface area contributed by atoms with Crippen molar-refractivity contribution in [3.8, 4) is 0 Å². The van der Waals surface area contributed by atoms with Crippen molar-refractivity contribution in [1.29, 1.82) is 0 Å². The maximum atomic E-state index is 12.8. The average molecular weight is 397 g/mol. The van der Waals surface area contributed by atoms with Crippen LogP contribution in [0.4, 0.5) is 0 Å². The summed E-state index contributed by atoms with van der Waals surface area (Å²) in [6.07, 6.45) is 0.840. The lowest BCUT2D eigenvalue weighted by Crippen LogP contribution is -2.22. The Bertz CT molecular complexity index is 1070. The number of nitrogens with two attached hydrogens (primary N) is 1. The van der Waals surface area contributed by atoms with Gasteiger partial charge in [0.15, 0.2) is 0 Å². The minimum Gasteiger partial charge on any atom is -0.345 e. The summed E-state index contributed by atoms with van der Waals surface area (Å²) >= 11 is 0. The van der Waals surface area contributed by atoms with Gasteiger partial charge in [0.05, 0.1) is 5.69 Å². The van der Waals surface area contributed by atoms with Gasteiger partial charge in [0.2, 0.25) is 15.8 Å². The van der Waals surface area contributed by atoms with Gasteiger partial charge in [0, 0.05) is 18.3 Å². The van der Waals surface area contributed by atoms with Gasteiger partial charge in [-0.2, -0.15) is 0 Å². The predicted molar refractivity (Wildman–Crippen MR) is 111 cm³/mol. The number of sulfonamides is 1. The zero-order chi connectivity index (χ0) is 20.3. The summed E-state index contributed by atoms with van der Waals surface area (Å²) < 4.78 is 26.0. The van der Waals surface area contributed by atoms with Crippen LogP contribution in [0.3, 0.4) is 0 Å². The van der Waals surface area contributed by atoms with Gasteiger partial charge in [-0.05, 0) is 37.5 Å². The number of primary sulfonamides is 1. The molecular formula is C22H24N2O3S. The normalized spacial score (nSPS) is 12.7. The molecule has 2 aromatic carbocycles. The van der Waals surface area contributed by atoms with Crippen molar-refractivity contribution in [3.63, 3.8) is 0 Å². The molecule has 0 saturated heterocycles. The summed E-state index contributed by atoms with van der Waals surface area (Å²) in [7, 11) is -1.91. The molecule has 0 aliphatic heterocycles. The molecule has 1 heterocycles. The first-order valence-corrected chi connectivity index (χ1v) is 10.7. The van der Waals surface area contributed by atoms with E-state index in [1.807, 2.05) is 54.9 Å². The Morgan fingerprint density at radius 3 is 2.25 bits per heavy atom. The van der Waals surface area contributed by atoms with Crippen LogP contribution in [0.1, 0.15) is 44.5 Å². The first-order valence-electron chi connectivity index (χ1n) is 9.10. The van der Waals surface area contributed by atoms with Gasteiger partial charge in [0.1, 0.15) is 5.25 Å². The van der Waals surface area contributed by atoms with Crippen LogP contribution in [-0.2, 0) is 23.5 Å². The number of hydrogen-bond acceptors (Lipinski definition) is 3. The largest absolute Gasteiger partial charge is 0.345 e. The summed E-state index contributed by atoms with van der Waals surface area (Å²) in [5, 5.41) is 4.69. The van der Waals surface area contributed by atoms with Gasteiger partial charge >= 0.3 is 0 Å². The number of carbonyl (C=O) groups is 1. The number of hydrogen-bond donors (Lipinski definition) is 1. The molecule has 6 heteroatoms. The second-order valence-electron chi connectivity index (χ2n) is 6.99. The number of aromatic nitrogens is 1. The number of rotatable bonds is 7. The Balaban J connectivity index is 1.80. The first-order chi connectivity index (χ1) is 13.3. The maximum Gasteiger partial charge on any atom is 0.216 e. The molecule has 5 nitrogen and oxygen atoms in total. The molecule has 0 aliphatic carbocycles. The van der Waals surface area contributed by atoms with E-state index in [4.69, 9.17) is 5.14 Å². The fourth-order valence-corrected chi connectivity index (χ4v) is 4.34. The van der Waals surface area contributed by atoms with Gasteiger partial charge < -0.3 is 4.57 Å². The Morgan fingerprint density at radius 1 is 1.00 bits per heavy atom. The highest BCUT2D eigenvalue weighted by Gasteiger charge is 2.24. The monoisotopic (exact) mass is 396 g/mol. The lowest BCUT2D eigenvalue weighted by Gasteiger charge is -2.16. The second-order valence-corrected chi connectivity index (χ2v) is 8.74. The molecular weight excluding hydrogens is 372 g/mol. The van der Waals surface area contributed by atoms with Crippen molar-refractivity contribution in [2.75, 3.05) is 0 Å². The molecule has 2 N–H and O–H groups in total. The molecule has 0 aliphatic rings. The van der Waals surface area contributed by atoms with Crippen LogP contribution in [0.25, 0.3) is 0 Å². The smallest absolute Gasteiger partial charge is 0.216 e. The Kier molecular flexibility index (Phi) is 5.82. The summed E-state index contributed by atoms with van der Waals surface area (Å²) in [4.78, 5) is 12.8. The maximum absolute atomic E-state index is 12.8. The van der Waals surface area contributed by atoms with Crippen molar-refractivity contribution in [2.24, 2.45) is 12.2 Å². The number of carbonyl (C=O) groups excluding carboxylic acids is 1. The average Bonchev–Trinajstić information content (AvgIpc) is 3.02. The van der Waals surface area contributed by atoms with Gasteiger partial charge in [-0.3, -0.25) is 4.79 Å². The Labute approximate surface area is 165 Å². The number of ketones is 1. The highest BCUT2D eigenvalue weighted by atomic mass is 32.2. The van der Waals surface area contributed by atoms with Crippen LogP contribution in [0.2, 0.25) is 0 Å². The third-order valence-corrected chi connectivity index (χ3v) is 6.30. The van der Waals surface area contributed by atoms with E-state index in [0.717, 1.165) is 11.3 Å². The Hall–Kier alpha value is -2.70. The Morgan fingerprint density at radius 2 is 1.64 bits per heavy atom. The molecule has 3 aromatic rings. The van der Waals surface area contributed by atoms with E-state index in [9.17, 15) is 13.2 Å². The minimum atomic E-state index is -3.73.